The van der Waals surface area contributed by atoms with E-state index in [0.717, 1.165) is 39.4 Å². The van der Waals surface area contributed by atoms with Crippen molar-refractivity contribution in [2.24, 2.45) is 0 Å². The molecule has 1 heterocycles. The highest BCUT2D eigenvalue weighted by Gasteiger charge is 2.16. The van der Waals surface area contributed by atoms with Gasteiger partial charge in [-0.2, -0.15) is 0 Å². The van der Waals surface area contributed by atoms with Gasteiger partial charge in [-0.15, -0.1) is 0 Å². The van der Waals surface area contributed by atoms with Crippen LogP contribution in [0.15, 0.2) is 192 Å². The number of hydrogen-bond donors (Lipinski definition) is 0. The molecule has 0 aliphatic carbocycles. The van der Waals surface area contributed by atoms with Crippen LogP contribution in [0.25, 0.3) is 66.1 Å². The summed E-state index contributed by atoms with van der Waals surface area (Å²) >= 11 is 0. The Hall–Kier alpha value is -6.38. The van der Waals surface area contributed by atoms with Crippen LogP contribution in [0, 0.1) is 0 Å². The van der Waals surface area contributed by atoms with E-state index in [1.54, 1.807) is 0 Å². The number of furan rings is 1. The average molecular weight is 614 g/mol. The molecule has 0 N–H and O–H groups in total. The van der Waals surface area contributed by atoms with Gasteiger partial charge >= 0.3 is 0 Å². The zero-order valence-corrected chi connectivity index (χ0v) is 26.3. The first kappa shape index (κ1) is 27.9. The van der Waals surface area contributed by atoms with Crippen LogP contribution in [0.4, 0.5) is 17.1 Å². The van der Waals surface area contributed by atoms with Crippen molar-refractivity contribution in [2.45, 2.75) is 0 Å². The minimum atomic E-state index is 0.857. The lowest BCUT2D eigenvalue weighted by Gasteiger charge is -2.26. The van der Waals surface area contributed by atoms with Crippen LogP contribution >= 0.6 is 0 Å². The summed E-state index contributed by atoms with van der Waals surface area (Å²) in [5.74, 6) is 0.857. The van der Waals surface area contributed by atoms with E-state index in [4.69, 9.17) is 4.42 Å². The van der Waals surface area contributed by atoms with Gasteiger partial charge in [0.25, 0.3) is 0 Å². The Morgan fingerprint density at radius 3 is 1.71 bits per heavy atom. The summed E-state index contributed by atoms with van der Waals surface area (Å²) in [7, 11) is 0. The second kappa shape index (κ2) is 11.8. The first-order chi connectivity index (χ1) is 23.8. The smallest absolute Gasteiger partial charge is 0.135 e. The van der Waals surface area contributed by atoms with E-state index in [-0.39, 0.29) is 0 Å². The van der Waals surface area contributed by atoms with E-state index in [1.165, 1.54) is 43.8 Å². The minimum Gasteiger partial charge on any atom is -0.456 e. The van der Waals surface area contributed by atoms with Crippen LogP contribution in [0.2, 0.25) is 0 Å². The molecule has 2 nitrogen and oxygen atoms in total. The Balaban J connectivity index is 1.13. The van der Waals surface area contributed by atoms with Crippen molar-refractivity contribution in [3.05, 3.63) is 188 Å². The molecule has 0 radical (unpaired) electrons. The maximum atomic E-state index is 6.28. The molecule has 9 aromatic rings. The highest BCUT2D eigenvalue weighted by molar-refractivity contribution is 6.08. The van der Waals surface area contributed by atoms with Gasteiger partial charge in [0.2, 0.25) is 0 Å². The first-order valence-electron chi connectivity index (χ1n) is 16.3. The number of fused-ring (bicyclic) bond motifs is 4. The standard InChI is InChI=1S/C46H31NO/c1-2-10-32(11-3-1)35-14-8-16-41(29-35)47(42-17-9-15-38(30-42)46-31-39-13-5-7-19-45(39)48-46)40-25-22-33(23-26-40)36-24-27-44-37(28-36)21-20-34-12-4-6-18-43(34)44/h1-31H. The highest BCUT2D eigenvalue weighted by Crippen LogP contribution is 2.40. The summed E-state index contributed by atoms with van der Waals surface area (Å²) in [6.07, 6.45) is 0. The molecule has 0 aliphatic heterocycles. The molecule has 0 aliphatic rings. The van der Waals surface area contributed by atoms with Crippen molar-refractivity contribution in [3.63, 3.8) is 0 Å². The second-order valence-electron chi connectivity index (χ2n) is 12.2. The van der Waals surface area contributed by atoms with E-state index in [1.807, 2.05) is 18.2 Å². The minimum absolute atomic E-state index is 0.857. The maximum absolute atomic E-state index is 6.28. The highest BCUT2D eigenvalue weighted by atomic mass is 16.3. The monoisotopic (exact) mass is 613 g/mol. The Bertz CT molecular complexity index is 2530. The second-order valence-corrected chi connectivity index (χ2v) is 12.2. The van der Waals surface area contributed by atoms with Crippen LogP contribution in [0.5, 0.6) is 0 Å². The normalized spacial score (nSPS) is 11.3. The Morgan fingerprint density at radius 2 is 0.896 bits per heavy atom. The molecule has 0 saturated heterocycles. The van der Waals surface area contributed by atoms with Gasteiger partial charge in [0, 0.05) is 28.0 Å². The van der Waals surface area contributed by atoms with E-state index >= 15 is 0 Å². The molecule has 226 valence electrons. The van der Waals surface area contributed by atoms with Gasteiger partial charge < -0.3 is 9.32 Å². The molecule has 9 rings (SSSR count). The van der Waals surface area contributed by atoms with E-state index in [0.29, 0.717) is 0 Å². The molecule has 0 atom stereocenters. The number of anilines is 3. The zero-order chi connectivity index (χ0) is 31.9. The Kier molecular flexibility index (Phi) is 6.84. The van der Waals surface area contributed by atoms with E-state index in [9.17, 15) is 0 Å². The summed E-state index contributed by atoms with van der Waals surface area (Å²) in [6, 6.07) is 67.0. The van der Waals surface area contributed by atoms with Crippen LogP contribution in [-0.4, -0.2) is 0 Å². The molecule has 0 spiro atoms. The van der Waals surface area contributed by atoms with Crippen LogP contribution in [-0.2, 0) is 0 Å². The van der Waals surface area contributed by atoms with Gasteiger partial charge in [0.15, 0.2) is 0 Å². The third-order valence-corrected chi connectivity index (χ3v) is 9.23. The molecule has 2 heteroatoms. The molecule has 0 fully saturated rings. The quantitative estimate of drug-likeness (QED) is 0.174. The predicted octanol–water partition coefficient (Wildman–Crippen LogP) is 13.2. The fourth-order valence-electron chi connectivity index (χ4n) is 6.82. The first-order valence-corrected chi connectivity index (χ1v) is 16.3. The van der Waals surface area contributed by atoms with E-state index < -0.39 is 0 Å². The lowest BCUT2D eigenvalue weighted by Crippen LogP contribution is -2.10. The van der Waals surface area contributed by atoms with Crippen molar-refractivity contribution in [1.82, 2.24) is 0 Å². The molecule has 48 heavy (non-hydrogen) atoms. The van der Waals surface area contributed by atoms with Gasteiger partial charge in [-0.25, -0.2) is 0 Å². The Labute approximate surface area is 279 Å². The molecule has 0 bridgehead atoms. The average Bonchev–Trinajstić information content (AvgIpc) is 3.60. The zero-order valence-electron chi connectivity index (χ0n) is 26.3. The van der Waals surface area contributed by atoms with Gasteiger partial charge in [-0.1, -0.05) is 133 Å². The largest absolute Gasteiger partial charge is 0.456 e. The number of rotatable bonds is 6. The number of hydrogen-bond acceptors (Lipinski definition) is 2. The number of benzene rings is 8. The fraction of sp³-hybridized carbons (Fsp3) is 0. The number of para-hydroxylation sites is 1. The lowest BCUT2D eigenvalue weighted by molar-refractivity contribution is 0.631. The van der Waals surface area contributed by atoms with Crippen molar-refractivity contribution in [3.8, 4) is 33.6 Å². The summed E-state index contributed by atoms with van der Waals surface area (Å²) in [5, 5.41) is 6.18. The molecular weight excluding hydrogens is 583 g/mol. The van der Waals surface area contributed by atoms with Crippen molar-refractivity contribution < 1.29 is 4.42 Å². The number of nitrogens with zero attached hydrogens (tertiary/aromatic N) is 1. The maximum Gasteiger partial charge on any atom is 0.135 e. The molecule has 1 aromatic heterocycles. The van der Waals surface area contributed by atoms with Gasteiger partial charge in [0.1, 0.15) is 11.3 Å². The van der Waals surface area contributed by atoms with Crippen LogP contribution < -0.4 is 4.90 Å². The van der Waals surface area contributed by atoms with Crippen LogP contribution in [0.3, 0.4) is 0 Å². The lowest BCUT2D eigenvalue weighted by atomic mass is 9.97. The third-order valence-electron chi connectivity index (χ3n) is 9.23. The molecule has 0 saturated carbocycles. The topological polar surface area (TPSA) is 16.4 Å². The Morgan fingerprint density at radius 1 is 0.312 bits per heavy atom. The predicted molar refractivity (Wildman–Crippen MR) is 202 cm³/mol. The molecule has 8 aromatic carbocycles. The van der Waals surface area contributed by atoms with Crippen molar-refractivity contribution in [1.29, 1.82) is 0 Å². The summed E-state index contributed by atoms with van der Waals surface area (Å²) < 4.78 is 6.28. The SMILES string of the molecule is c1ccc(-c2cccc(N(c3ccc(-c4ccc5c(ccc6ccccc65)c4)cc3)c3cccc(-c4cc5ccccc5o4)c3)c2)cc1. The van der Waals surface area contributed by atoms with Gasteiger partial charge in [-0.3, -0.25) is 0 Å². The summed E-state index contributed by atoms with van der Waals surface area (Å²) in [6.45, 7) is 0. The molecule has 0 amide bonds. The van der Waals surface area contributed by atoms with Gasteiger partial charge in [-0.05, 0) is 98.4 Å². The van der Waals surface area contributed by atoms with Crippen LogP contribution in [0.1, 0.15) is 0 Å². The van der Waals surface area contributed by atoms with Crippen molar-refractivity contribution in [2.75, 3.05) is 4.90 Å². The van der Waals surface area contributed by atoms with E-state index in [2.05, 4.69) is 175 Å². The van der Waals surface area contributed by atoms with Crippen molar-refractivity contribution >= 4 is 49.6 Å². The molecular formula is C46H31NO. The third kappa shape index (κ3) is 5.10. The molecule has 0 unspecified atom stereocenters. The summed E-state index contributed by atoms with van der Waals surface area (Å²) in [5.41, 5.74) is 9.90. The van der Waals surface area contributed by atoms with Gasteiger partial charge in [0.05, 0.1) is 0 Å². The fourth-order valence-corrected chi connectivity index (χ4v) is 6.82. The summed E-state index contributed by atoms with van der Waals surface area (Å²) in [4.78, 5) is 2.33.